The summed E-state index contributed by atoms with van der Waals surface area (Å²) in [5.74, 6) is -2.63. The van der Waals surface area contributed by atoms with Crippen LogP contribution in [0.4, 0.5) is 20.2 Å². The molecule has 0 bridgehead atoms. The zero-order valence-electron chi connectivity index (χ0n) is 15.0. The van der Waals surface area contributed by atoms with E-state index in [2.05, 4.69) is 36.5 Å². The first-order valence-electron chi connectivity index (χ1n) is 8.31. The van der Waals surface area contributed by atoms with Gasteiger partial charge < -0.3 is 15.4 Å². The van der Waals surface area contributed by atoms with Gasteiger partial charge in [0, 0.05) is 23.6 Å². The average Bonchev–Trinajstić information content (AvgIpc) is 2.68. The van der Waals surface area contributed by atoms with Crippen molar-refractivity contribution in [3.63, 3.8) is 0 Å². The molecule has 1 heterocycles. The summed E-state index contributed by atoms with van der Waals surface area (Å²) in [6.45, 7) is 0. The van der Waals surface area contributed by atoms with Gasteiger partial charge in [0.15, 0.2) is 11.6 Å². The Morgan fingerprint density at radius 2 is 1.67 bits per heavy atom. The zero-order chi connectivity index (χ0) is 21.7. The number of amides is 2. The lowest BCUT2D eigenvalue weighted by Crippen LogP contribution is -2.21. The van der Waals surface area contributed by atoms with Crippen LogP contribution in [0.15, 0.2) is 53.1 Å². The van der Waals surface area contributed by atoms with Gasteiger partial charge in [0.2, 0.25) is 23.0 Å². The van der Waals surface area contributed by atoms with E-state index < -0.39 is 29.9 Å². The molecule has 0 saturated heterocycles. The van der Waals surface area contributed by atoms with Gasteiger partial charge in [-0.15, -0.1) is 0 Å². The van der Waals surface area contributed by atoms with Crippen LogP contribution >= 0.6 is 27.5 Å². The van der Waals surface area contributed by atoms with Crippen molar-refractivity contribution >= 4 is 50.7 Å². The van der Waals surface area contributed by atoms with Crippen molar-refractivity contribution in [1.82, 2.24) is 9.97 Å². The minimum atomic E-state index is -0.773. The molecule has 3 rings (SSSR count). The Kier molecular flexibility index (Phi) is 6.91. The van der Waals surface area contributed by atoms with E-state index >= 15 is 0 Å². The number of hydrogen-bond acceptors (Lipinski definition) is 5. The molecule has 11 heteroatoms. The first-order chi connectivity index (χ1) is 14.3. The lowest BCUT2D eigenvalue weighted by molar-refractivity contribution is -0.123. The van der Waals surface area contributed by atoms with Gasteiger partial charge in [-0.25, -0.2) is 13.8 Å². The van der Waals surface area contributed by atoms with E-state index in [1.165, 1.54) is 42.6 Å². The van der Waals surface area contributed by atoms with Gasteiger partial charge in [-0.2, -0.15) is 4.98 Å². The van der Waals surface area contributed by atoms with Crippen LogP contribution < -0.4 is 15.4 Å². The number of aromatic nitrogens is 2. The van der Waals surface area contributed by atoms with Crippen LogP contribution in [0.25, 0.3) is 0 Å². The van der Waals surface area contributed by atoms with Crippen LogP contribution in [0.3, 0.4) is 0 Å². The highest BCUT2D eigenvalue weighted by molar-refractivity contribution is 9.10. The van der Waals surface area contributed by atoms with Crippen molar-refractivity contribution < 1.29 is 23.1 Å². The summed E-state index contributed by atoms with van der Waals surface area (Å²) >= 11 is 8.86. The fraction of sp³-hybridized carbons (Fsp3) is 0.0526. The zero-order valence-corrected chi connectivity index (χ0v) is 17.3. The number of nitrogens with zero attached hydrogens (tertiary/aromatic N) is 2. The molecule has 0 aliphatic carbocycles. The molecule has 0 aliphatic rings. The van der Waals surface area contributed by atoms with E-state index in [-0.39, 0.29) is 22.6 Å². The maximum absolute atomic E-state index is 14.3. The van der Waals surface area contributed by atoms with Gasteiger partial charge in [0.1, 0.15) is 12.2 Å². The number of rotatable bonds is 6. The van der Waals surface area contributed by atoms with Crippen LogP contribution in [0.5, 0.6) is 11.6 Å². The van der Waals surface area contributed by atoms with Crippen molar-refractivity contribution in [2.45, 2.75) is 6.42 Å². The molecule has 0 atom stereocenters. The molecule has 1 aromatic heterocycles. The van der Waals surface area contributed by atoms with E-state index in [1.54, 1.807) is 0 Å². The molecule has 2 N–H and O–H groups in total. The Balaban J connectivity index is 1.59. The molecular formula is C19H12BrClF2N4O3. The summed E-state index contributed by atoms with van der Waals surface area (Å²) in [4.78, 5) is 31.5. The van der Waals surface area contributed by atoms with Crippen molar-refractivity contribution in [2.75, 3.05) is 10.6 Å². The van der Waals surface area contributed by atoms with Gasteiger partial charge in [-0.1, -0.05) is 0 Å². The van der Waals surface area contributed by atoms with E-state index in [0.29, 0.717) is 10.2 Å². The highest BCUT2D eigenvalue weighted by atomic mass is 79.9. The van der Waals surface area contributed by atoms with Gasteiger partial charge in [-0.3, -0.25) is 9.59 Å². The van der Waals surface area contributed by atoms with E-state index in [4.69, 9.17) is 16.3 Å². The summed E-state index contributed by atoms with van der Waals surface area (Å²) in [5, 5.41) is 4.79. The molecule has 154 valence electrons. The second-order valence-electron chi connectivity index (χ2n) is 5.82. The SMILES string of the molecule is O=C(CC(=O)Nc1ccc(Oc2nc(Cl)ncc2Br)c(F)c1)Nc1ccc(F)cc1. The molecule has 0 radical (unpaired) electrons. The van der Waals surface area contributed by atoms with Gasteiger partial charge in [0.25, 0.3) is 0 Å². The molecule has 0 fully saturated rings. The monoisotopic (exact) mass is 496 g/mol. The van der Waals surface area contributed by atoms with Gasteiger partial charge in [-0.05, 0) is 63.9 Å². The fourth-order valence-electron chi connectivity index (χ4n) is 2.26. The van der Waals surface area contributed by atoms with Crippen LogP contribution in [0.1, 0.15) is 6.42 Å². The number of hydrogen-bond donors (Lipinski definition) is 2. The van der Waals surface area contributed by atoms with E-state index in [0.717, 1.165) is 6.07 Å². The number of carbonyl (C=O) groups excluding carboxylic acids is 2. The second-order valence-corrected chi connectivity index (χ2v) is 7.01. The second kappa shape index (κ2) is 9.59. The maximum atomic E-state index is 14.3. The Hall–Kier alpha value is -3.11. The standard InChI is InChI=1S/C19H12BrClF2N4O3/c20-13-9-24-19(21)27-18(13)30-15-6-5-12(7-14(15)23)26-17(29)8-16(28)25-11-3-1-10(22)2-4-11/h1-7,9H,8H2,(H,25,28)(H,26,29). The summed E-state index contributed by atoms with van der Waals surface area (Å²) in [5.41, 5.74) is 0.469. The lowest BCUT2D eigenvalue weighted by Gasteiger charge is -2.10. The number of benzene rings is 2. The average molecular weight is 498 g/mol. The quantitative estimate of drug-likeness (QED) is 0.372. The van der Waals surface area contributed by atoms with Crippen LogP contribution in [0, 0.1) is 11.6 Å². The topological polar surface area (TPSA) is 93.2 Å². The van der Waals surface area contributed by atoms with Crippen LogP contribution in [0.2, 0.25) is 5.28 Å². The first-order valence-corrected chi connectivity index (χ1v) is 9.48. The summed E-state index contributed by atoms with van der Waals surface area (Å²) in [6, 6.07) is 8.79. The van der Waals surface area contributed by atoms with Crippen molar-refractivity contribution in [1.29, 1.82) is 0 Å². The Morgan fingerprint density at radius 3 is 2.33 bits per heavy atom. The molecule has 30 heavy (non-hydrogen) atoms. The molecule has 0 saturated carbocycles. The molecule has 2 amide bonds. The number of anilines is 2. The number of nitrogens with one attached hydrogen (secondary N) is 2. The fourth-order valence-corrected chi connectivity index (χ4v) is 2.66. The molecule has 2 aromatic carbocycles. The molecule has 7 nitrogen and oxygen atoms in total. The first kappa shape index (κ1) is 21.6. The lowest BCUT2D eigenvalue weighted by atomic mass is 10.2. The number of ether oxygens (including phenoxy) is 1. The third-order valence-electron chi connectivity index (χ3n) is 3.55. The van der Waals surface area contributed by atoms with Crippen molar-refractivity contribution in [2.24, 2.45) is 0 Å². The summed E-state index contributed by atoms with van der Waals surface area (Å²) in [6.07, 6.45) is 0.845. The van der Waals surface area contributed by atoms with Crippen molar-refractivity contribution in [3.8, 4) is 11.6 Å². The van der Waals surface area contributed by atoms with Crippen LogP contribution in [-0.4, -0.2) is 21.8 Å². The van der Waals surface area contributed by atoms with Gasteiger partial charge >= 0.3 is 0 Å². The summed E-state index contributed by atoms with van der Waals surface area (Å²) in [7, 11) is 0. The third-order valence-corrected chi connectivity index (χ3v) is 4.28. The molecule has 3 aromatic rings. The highest BCUT2D eigenvalue weighted by Gasteiger charge is 2.14. The summed E-state index contributed by atoms with van der Waals surface area (Å²) < 4.78 is 32.9. The van der Waals surface area contributed by atoms with E-state index in [9.17, 15) is 18.4 Å². The number of halogens is 4. The molecule has 0 spiro atoms. The van der Waals surface area contributed by atoms with Crippen molar-refractivity contribution in [3.05, 3.63) is 70.1 Å². The molecule has 0 unspecified atom stereocenters. The minimum Gasteiger partial charge on any atom is -0.435 e. The predicted molar refractivity (Wildman–Crippen MR) is 109 cm³/mol. The van der Waals surface area contributed by atoms with Gasteiger partial charge in [0.05, 0.1) is 4.47 Å². The Morgan fingerprint density at radius 1 is 1.03 bits per heavy atom. The Bertz CT molecular complexity index is 1100. The Labute approximate surface area is 182 Å². The third kappa shape index (κ3) is 5.94. The highest BCUT2D eigenvalue weighted by Crippen LogP contribution is 2.30. The molecular weight excluding hydrogens is 486 g/mol. The molecule has 0 aliphatic heterocycles. The normalized spacial score (nSPS) is 10.4. The van der Waals surface area contributed by atoms with Crippen LogP contribution in [-0.2, 0) is 9.59 Å². The maximum Gasteiger partial charge on any atom is 0.238 e. The largest absolute Gasteiger partial charge is 0.435 e. The number of carbonyl (C=O) groups is 2. The smallest absolute Gasteiger partial charge is 0.238 e. The minimum absolute atomic E-state index is 0.0168. The predicted octanol–water partition coefficient (Wildman–Crippen LogP) is 4.93. The van der Waals surface area contributed by atoms with E-state index in [1.807, 2.05) is 0 Å².